The van der Waals surface area contributed by atoms with Crippen molar-refractivity contribution in [2.75, 3.05) is 0 Å². The number of hydrogen-bond donors (Lipinski definition) is 0. The monoisotopic (exact) mass is 1870 g/mol. The van der Waals surface area contributed by atoms with E-state index in [0.29, 0.717) is 0 Å². The van der Waals surface area contributed by atoms with E-state index in [1.54, 1.807) is 0 Å². The molecular weight excluding hydrogens is 1770 g/mol. The Morgan fingerprint density at radius 1 is 0.158 bits per heavy atom. The van der Waals surface area contributed by atoms with Gasteiger partial charge in [0.15, 0.2) is 0 Å². The SMILES string of the molecule is CC1(C)c2ccccc2-c2cc3c4cc5c(c6c7ccccc7n(c3cc21)c46)-c1ccccc1C5(C)C.CC1(C)c2ccccc2-c2cc3c4cc5c(c6c7ccccc7n(c3cc21)c46)C(C)(C)c1ccccc1-5.CC1(C)c2ccccc2-c2cc3c4cccc5c6c7c(ccc6n(c3cc21)c45)-c1ccccc1C7(C)C.CC1(C)c2ccccc2-c2cc3c4cccc5c6c7oc8ccccc8c7ccc6n(c3cc21)c45. The molecule has 0 aliphatic heterocycles. The number of benzene rings is 20. The van der Waals surface area contributed by atoms with Gasteiger partial charge in [-0.1, -0.05) is 364 Å². The largest absolute Gasteiger partial charge is 0.455 e. The van der Waals surface area contributed by atoms with Crippen LogP contribution in [0.4, 0.5) is 0 Å². The highest BCUT2D eigenvalue weighted by atomic mass is 16.3. The van der Waals surface area contributed by atoms with E-state index in [1.165, 1.54) is 319 Å². The van der Waals surface area contributed by atoms with Gasteiger partial charge in [-0.15, -0.1) is 0 Å². The Kier molecular flexibility index (Phi) is 15.1. The molecule has 692 valence electrons. The van der Waals surface area contributed by atoms with Gasteiger partial charge in [-0.3, -0.25) is 0 Å². The number of para-hydroxylation sites is 5. The van der Waals surface area contributed by atoms with Crippen LogP contribution in [0.25, 0.3) is 252 Å². The Balaban J connectivity index is 0.0000000851. The van der Waals surface area contributed by atoms with Gasteiger partial charge >= 0.3 is 0 Å². The lowest BCUT2D eigenvalue weighted by atomic mass is 9.80. The summed E-state index contributed by atoms with van der Waals surface area (Å²) in [4.78, 5) is 0. The van der Waals surface area contributed by atoms with E-state index >= 15 is 0 Å². The zero-order valence-electron chi connectivity index (χ0n) is 84.3. The first kappa shape index (κ1) is 81.9. The van der Waals surface area contributed by atoms with Crippen LogP contribution in [0.5, 0.6) is 0 Å². The van der Waals surface area contributed by atoms with Gasteiger partial charge in [-0.25, -0.2) is 0 Å². The molecule has 7 aliphatic rings. The lowest BCUT2D eigenvalue weighted by Gasteiger charge is -2.22. The van der Waals surface area contributed by atoms with E-state index in [2.05, 4.69) is 472 Å². The molecule has 0 bridgehead atoms. The molecule has 9 heterocycles. The molecular formula is C141H102N4O. The smallest absolute Gasteiger partial charge is 0.145 e. The van der Waals surface area contributed by atoms with E-state index in [-0.39, 0.29) is 37.9 Å². The summed E-state index contributed by atoms with van der Waals surface area (Å²) in [6, 6.07) is 137. The van der Waals surface area contributed by atoms with Crippen LogP contribution >= 0.6 is 0 Å². The zero-order chi connectivity index (χ0) is 97.6. The summed E-state index contributed by atoms with van der Waals surface area (Å²) in [6.45, 7) is 33.4. The van der Waals surface area contributed by atoms with Crippen molar-refractivity contribution in [1.82, 2.24) is 17.6 Å². The molecule has 20 aromatic carbocycles. The second-order valence-electron chi connectivity index (χ2n) is 47.1. The molecule has 0 unspecified atom stereocenters. The van der Waals surface area contributed by atoms with Crippen molar-refractivity contribution in [1.29, 1.82) is 0 Å². The van der Waals surface area contributed by atoms with Crippen LogP contribution in [0.2, 0.25) is 0 Å². The molecule has 36 rings (SSSR count). The molecule has 146 heavy (non-hydrogen) atoms. The molecule has 0 saturated carbocycles. The van der Waals surface area contributed by atoms with Gasteiger partial charge in [-0.2, -0.15) is 0 Å². The summed E-state index contributed by atoms with van der Waals surface area (Å²) >= 11 is 0. The van der Waals surface area contributed by atoms with Gasteiger partial charge in [0, 0.05) is 129 Å². The van der Waals surface area contributed by atoms with E-state index in [9.17, 15) is 0 Å². The molecule has 0 N–H and O–H groups in total. The second kappa shape index (κ2) is 26.9. The Morgan fingerprint density at radius 3 is 0.932 bits per heavy atom. The fourth-order valence-corrected chi connectivity index (χ4v) is 30.9. The first-order valence-corrected chi connectivity index (χ1v) is 52.4. The fourth-order valence-electron chi connectivity index (χ4n) is 30.9. The molecule has 5 heteroatoms. The number of rotatable bonds is 0. The highest BCUT2D eigenvalue weighted by molar-refractivity contribution is 6.34. The molecule has 29 aromatic rings. The number of fused-ring (bicyclic) bond motifs is 52. The topological polar surface area (TPSA) is 30.8 Å². The van der Waals surface area contributed by atoms with Gasteiger partial charge in [0.2, 0.25) is 0 Å². The van der Waals surface area contributed by atoms with E-state index < -0.39 is 0 Å². The van der Waals surface area contributed by atoms with Gasteiger partial charge in [0.05, 0.1) is 71.6 Å². The third-order valence-electron chi connectivity index (χ3n) is 37.6. The quantitative estimate of drug-likeness (QED) is 0.149. The normalized spacial score (nSPS) is 16.1. The van der Waals surface area contributed by atoms with Crippen molar-refractivity contribution in [2.45, 2.75) is 135 Å². The third kappa shape index (κ3) is 9.64. The number of furan rings is 1. The maximum Gasteiger partial charge on any atom is 0.145 e. The van der Waals surface area contributed by atoms with Crippen molar-refractivity contribution >= 4 is 174 Å². The van der Waals surface area contributed by atoms with Gasteiger partial charge < -0.3 is 22.0 Å². The minimum absolute atomic E-state index is 0.0112. The summed E-state index contributed by atoms with van der Waals surface area (Å²) in [7, 11) is 0. The Bertz CT molecular complexity index is 11100. The van der Waals surface area contributed by atoms with Crippen molar-refractivity contribution in [3.8, 4) is 77.9 Å². The average Bonchev–Trinajstić information content (AvgIpc) is 1.50. The van der Waals surface area contributed by atoms with Crippen LogP contribution < -0.4 is 0 Å². The molecule has 0 radical (unpaired) electrons. The summed E-state index contributed by atoms with van der Waals surface area (Å²) in [5.74, 6) is 0. The van der Waals surface area contributed by atoms with Crippen molar-refractivity contribution in [2.24, 2.45) is 0 Å². The standard InChI is InChI=1S/3C36H27N.C33H21NO/c1-35(2)26-14-8-5-11-20(26)23-17-24-25-18-29-32(21-12-6-9-15-27(21)36(29,3)4)33-22-13-7-10-16-30(22)37(34(25)33)31(24)19-28(23)35;1-35(2)27-14-8-5-11-20(27)23-17-24-26-18-25-21-12-6-9-15-28(21)36(3,4)33(25)32-22-13-7-10-16-30(22)37(34(26)32)31(24)19-29(23)35;1-35(2)27-14-7-6-11-21(27)25-18-26-23-12-9-13-24-32-30(37(34(23)24)31(26)19-29(25)35)17-16-22-20-10-5-8-15-28(20)36(3,4)33(22)32;1-33(2)25-12-5-3-8-18(25)23-16-24-20-10-7-11-22-30-27(34(31(20)22)28(24)17-26(23)33)15-14-21-19-9-4-6-13-29(19)35-32(21)30/h3*5-19H,1-4H3;3-17H,1-2H3. The lowest BCUT2D eigenvalue weighted by Crippen LogP contribution is -2.15. The first-order valence-electron chi connectivity index (χ1n) is 52.4. The minimum atomic E-state index is -0.0448. The lowest BCUT2D eigenvalue weighted by molar-refractivity contribution is 0.661. The van der Waals surface area contributed by atoms with Crippen LogP contribution in [0.1, 0.15) is 175 Å². The van der Waals surface area contributed by atoms with Crippen LogP contribution in [-0.4, -0.2) is 17.6 Å². The van der Waals surface area contributed by atoms with Gasteiger partial charge in [-0.05, 0) is 253 Å². The third-order valence-corrected chi connectivity index (χ3v) is 37.6. The van der Waals surface area contributed by atoms with Crippen molar-refractivity contribution in [3.63, 3.8) is 0 Å². The van der Waals surface area contributed by atoms with Crippen molar-refractivity contribution < 1.29 is 4.42 Å². The maximum absolute atomic E-state index is 6.48. The van der Waals surface area contributed by atoms with Crippen LogP contribution in [0.3, 0.4) is 0 Å². The van der Waals surface area contributed by atoms with Crippen LogP contribution in [-0.2, 0) is 37.9 Å². The van der Waals surface area contributed by atoms with Gasteiger partial charge in [0.1, 0.15) is 11.2 Å². The van der Waals surface area contributed by atoms with Crippen LogP contribution in [0.15, 0.2) is 368 Å². The van der Waals surface area contributed by atoms with Gasteiger partial charge in [0.25, 0.3) is 0 Å². The molecule has 5 nitrogen and oxygen atoms in total. The molecule has 0 fully saturated rings. The van der Waals surface area contributed by atoms with E-state index in [1.807, 2.05) is 6.07 Å². The van der Waals surface area contributed by atoms with Crippen LogP contribution in [0, 0.1) is 0 Å². The Morgan fingerprint density at radius 2 is 0.466 bits per heavy atom. The molecule has 0 saturated heterocycles. The Labute approximate surface area is 844 Å². The summed E-state index contributed by atoms with van der Waals surface area (Å²) < 4.78 is 16.6. The molecule has 0 amide bonds. The number of nitrogens with zero attached hydrogens (tertiary/aromatic N) is 4. The van der Waals surface area contributed by atoms with E-state index in [0.717, 1.165) is 11.2 Å². The first-order chi connectivity index (χ1) is 70.8. The molecule has 0 atom stereocenters. The predicted molar refractivity (Wildman–Crippen MR) is 615 cm³/mol. The Hall–Kier alpha value is -16.6. The van der Waals surface area contributed by atoms with E-state index in [4.69, 9.17) is 4.42 Å². The number of hydrogen-bond acceptors (Lipinski definition) is 1. The molecule has 7 aliphatic carbocycles. The average molecular weight is 1870 g/mol. The summed E-state index contributed by atoms with van der Waals surface area (Å²) in [6.07, 6.45) is 0. The predicted octanol–water partition coefficient (Wildman–Crippen LogP) is 37.4. The fraction of sp³-hybridized carbons (Fsp3) is 0.149. The molecule has 0 spiro atoms. The maximum atomic E-state index is 6.48. The highest BCUT2D eigenvalue weighted by Gasteiger charge is 2.47. The second-order valence-corrected chi connectivity index (χ2v) is 47.1. The minimum Gasteiger partial charge on any atom is -0.455 e. The summed E-state index contributed by atoms with van der Waals surface area (Å²) in [5.41, 5.74) is 57.2. The highest BCUT2D eigenvalue weighted by Crippen LogP contribution is 2.64. The summed E-state index contributed by atoms with van der Waals surface area (Å²) in [5, 5.41) is 24.0. The molecule has 9 aromatic heterocycles. The van der Waals surface area contributed by atoms with Crippen molar-refractivity contribution in [3.05, 3.63) is 442 Å². The zero-order valence-corrected chi connectivity index (χ0v) is 84.3. The number of aromatic nitrogens is 4.